The number of unbranched alkanes of at least 4 members (excludes halogenated alkanes) is 1. The summed E-state index contributed by atoms with van der Waals surface area (Å²) in [6.45, 7) is 3.87. The van der Waals surface area contributed by atoms with E-state index in [1.54, 1.807) is 0 Å². The van der Waals surface area contributed by atoms with Crippen LogP contribution < -0.4 is 4.74 Å². The molecular weight excluding hydrogens is 244 g/mol. The molecule has 0 amide bonds. The van der Waals surface area contributed by atoms with Crippen molar-refractivity contribution in [3.05, 3.63) is 35.9 Å². The van der Waals surface area contributed by atoms with E-state index in [9.17, 15) is 4.79 Å². The average Bonchev–Trinajstić information content (AvgIpc) is 2.41. The Labute approximate surface area is 113 Å². The zero-order valence-electron chi connectivity index (χ0n) is 11.2. The molecule has 104 valence electrons. The molecule has 0 spiro atoms. The van der Waals surface area contributed by atoms with Crippen LogP contribution >= 0.6 is 0 Å². The Balaban J connectivity index is 2.42. The SMILES string of the molecule is CCCCOCCOc1ccccc1/C=C/C(=O)O. The second kappa shape index (κ2) is 9.16. The highest BCUT2D eigenvalue weighted by Gasteiger charge is 2.00. The predicted molar refractivity (Wildman–Crippen MR) is 74.3 cm³/mol. The molecular formula is C15H20O4. The Morgan fingerprint density at radius 2 is 2.05 bits per heavy atom. The molecule has 0 heterocycles. The summed E-state index contributed by atoms with van der Waals surface area (Å²) in [5.41, 5.74) is 0.749. The van der Waals surface area contributed by atoms with Gasteiger partial charge >= 0.3 is 5.97 Å². The second-order valence-electron chi connectivity index (χ2n) is 4.02. The van der Waals surface area contributed by atoms with Crippen molar-refractivity contribution < 1.29 is 19.4 Å². The first-order chi connectivity index (χ1) is 9.24. The predicted octanol–water partition coefficient (Wildman–Crippen LogP) is 2.98. The van der Waals surface area contributed by atoms with Crippen molar-refractivity contribution in [2.45, 2.75) is 19.8 Å². The summed E-state index contributed by atoms with van der Waals surface area (Å²) in [7, 11) is 0. The van der Waals surface area contributed by atoms with Crippen LogP contribution in [0.5, 0.6) is 5.75 Å². The van der Waals surface area contributed by atoms with E-state index in [0.717, 1.165) is 31.1 Å². The van der Waals surface area contributed by atoms with Gasteiger partial charge in [-0.3, -0.25) is 0 Å². The highest BCUT2D eigenvalue weighted by molar-refractivity contribution is 5.85. The minimum absolute atomic E-state index is 0.460. The fourth-order valence-corrected chi connectivity index (χ4v) is 1.47. The van der Waals surface area contributed by atoms with Gasteiger partial charge in [-0.2, -0.15) is 0 Å². The minimum Gasteiger partial charge on any atom is -0.491 e. The largest absolute Gasteiger partial charge is 0.491 e. The van der Waals surface area contributed by atoms with Crippen molar-refractivity contribution in [3.8, 4) is 5.75 Å². The maximum Gasteiger partial charge on any atom is 0.328 e. The van der Waals surface area contributed by atoms with Crippen LogP contribution in [-0.4, -0.2) is 30.9 Å². The van der Waals surface area contributed by atoms with Crippen LogP contribution in [0.4, 0.5) is 0 Å². The molecule has 1 aromatic carbocycles. The van der Waals surface area contributed by atoms with Crippen molar-refractivity contribution in [2.75, 3.05) is 19.8 Å². The van der Waals surface area contributed by atoms with Gasteiger partial charge in [-0.05, 0) is 18.6 Å². The van der Waals surface area contributed by atoms with Crippen LogP contribution in [0.1, 0.15) is 25.3 Å². The number of carboxylic acid groups (broad SMARTS) is 1. The summed E-state index contributed by atoms with van der Waals surface area (Å²) in [4.78, 5) is 10.5. The Hall–Kier alpha value is -1.81. The minimum atomic E-state index is -0.974. The molecule has 0 aliphatic rings. The number of rotatable bonds is 9. The van der Waals surface area contributed by atoms with E-state index in [1.807, 2.05) is 24.3 Å². The van der Waals surface area contributed by atoms with E-state index in [4.69, 9.17) is 14.6 Å². The van der Waals surface area contributed by atoms with Crippen LogP contribution in [0, 0.1) is 0 Å². The van der Waals surface area contributed by atoms with Gasteiger partial charge in [0, 0.05) is 18.2 Å². The van der Waals surface area contributed by atoms with Crippen molar-refractivity contribution in [1.82, 2.24) is 0 Å². The summed E-state index contributed by atoms with van der Waals surface area (Å²) >= 11 is 0. The third-order valence-electron chi connectivity index (χ3n) is 2.45. The molecule has 0 aromatic heterocycles. The molecule has 1 aromatic rings. The number of carbonyl (C=O) groups is 1. The van der Waals surface area contributed by atoms with Crippen molar-refractivity contribution in [1.29, 1.82) is 0 Å². The normalized spacial score (nSPS) is 10.8. The topological polar surface area (TPSA) is 55.8 Å². The lowest BCUT2D eigenvalue weighted by molar-refractivity contribution is -0.131. The van der Waals surface area contributed by atoms with Crippen molar-refractivity contribution in [2.24, 2.45) is 0 Å². The number of hydrogen-bond donors (Lipinski definition) is 1. The molecule has 0 bridgehead atoms. The molecule has 0 atom stereocenters. The Kier molecular flexibility index (Phi) is 7.35. The van der Waals surface area contributed by atoms with Crippen molar-refractivity contribution in [3.63, 3.8) is 0 Å². The molecule has 0 saturated heterocycles. The second-order valence-corrected chi connectivity index (χ2v) is 4.02. The van der Waals surface area contributed by atoms with Gasteiger partial charge in [-0.1, -0.05) is 31.5 Å². The molecule has 19 heavy (non-hydrogen) atoms. The third kappa shape index (κ3) is 6.62. The van der Waals surface area contributed by atoms with E-state index in [0.29, 0.717) is 19.0 Å². The standard InChI is InChI=1S/C15H20O4/c1-2-3-10-18-11-12-19-14-7-5-4-6-13(14)8-9-15(16)17/h4-9H,2-3,10-12H2,1H3,(H,16,17)/b9-8+. The zero-order valence-corrected chi connectivity index (χ0v) is 11.2. The number of carboxylic acids is 1. The smallest absolute Gasteiger partial charge is 0.328 e. The maximum atomic E-state index is 10.5. The van der Waals surface area contributed by atoms with Crippen LogP contribution in [0.2, 0.25) is 0 Å². The lowest BCUT2D eigenvalue weighted by atomic mass is 10.2. The monoisotopic (exact) mass is 264 g/mol. The first kappa shape index (κ1) is 15.2. The molecule has 0 fully saturated rings. The van der Waals surface area contributed by atoms with Gasteiger partial charge in [-0.25, -0.2) is 4.79 Å². The molecule has 4 heteroatoms. The van der Waals surface area contributed by atoms with Gasteiger partial charge in [0.2, 0.25) is 0 Å². The first-order valence-corrected chi connectivity index (χ1v) is 6.44. The summed E-state index contributed by atoms with van der Waals surface area (Å²) in [6.07, 6.45) is 4.79. The van der Waals surface area contributed by atoms with Crippen LogP contribution in [0.3, 0.4) is 0 Å². The van der Waals surface area contributed by atoms with E-state index < -0.39 is 5.97 Å². The van der Waals surface area contributed by atoms with Gasteiger partial charge in [0.1, 0.15) is 12.4 Å². The fraction of sp³-hybridized carbons (Fsp3) is 0.400. The number of aliphatic carboxylic acids is 1. The number of ether oxygens (including phenoxy) is 2. The van der Waals surface area contributed by atoms with Gasteiger partial charge in [0.15, 0.2) is 0 Å². The fourth-order valence-electron chi connectivity index (χ4n) is 1.47. The first-order valence-electron chi connectivity index (χ1n) is 6.44. The summed E-state index contributed by atoms with van der Waals surface area (Å²) in [6, 6.07) is 7.32. The Bertz CT molecular complexity index is 412. The average molecular weight is 264 g/mol. The van der Waals surface area contributed by atoms with E-state index in [1.165, 1.54) is 6.08 Å². The van der Waals surface area contributed by atoms with Gasteiger partial charge in [-0.15, -0.1) is 0 Å². The highest BCUT2D eigenvalue weighted by Crippen LogP contribution is 2.19. The molecule has 0 saturated carbocycles. The molecule has 4 nitrogen and oxygen atoms in total. The molecule has 0 unspecified atom stereocenters. The molecule has 0 aliphatic heterocycles. The molecule has 0 aliphatic carbocycles. The summed E-state index contributed by atoms with van der Waals surface area (Å²) in [5.74, 6) is -0.309. The Morgan fingerprint density at radius 1 is 1.26 bits per heavy atom. The summed E-state index contributed by atoms with van der Waals surface area (Å²) in [5, 5.41) is 8.61. The highest BCUT2D eigenvalue weighted by atomic mass is 16.5. The van der Waals surface area contributed by atoms with Crippen LogP contribution in [-0.2, 0) is 9.53 Å². The van der Waals surface area contributed by atoms with Gasteiger partial charge in [0.25, 0.3) is 0 Å². The molecule has 0 radical (unpaired) electrons. The van der Waals surface area contributed by atoms with E-state index in [2.05, 4.69) is 6.92 Å². The third-order valence-corrected chi connectivity index (χ3v) is 2.45. The van der Waals surface area contributed by atoms with Gasteiger partial charge < -0.3 is 14.6 Å². The van der Waals surface area contributed by atoms with E-state index >= 15 is 0 Å². The summed E-state index contributed by atoms with van der Waals surface area (Å²) < 4.78 is 11.0. The van der Waals surface area contributed by atoms with Gasteiger partial charge in [0.05, 0.1) is 6.61 Å². The number of benzene rings is 1. The number of para-hydroxylation sites is 1. The Morgan fingerprint density at radius 3 is 2.79 bits per heavy atom. The van der Waals surface area contributed by atoms with Crippen LogP contribution in [0.15, 0.2) is 30.3 Å². The lowest BCUT2D eigenvalue weighted by Gasteiger charge is -2.09. The van der Waals surface area contributed by atoms with E-state index in [-0.39, 0.29) is 0 Å². The number of hydrogen-bond acceptors (Lipinski definition) is 3. The molecule has 1 N–H and O–H groups in total. The van der Waals surface area contributed by atoms with Crippen molar-refractivity contribution >= 4 is 12.0 Å². The maximum absolute atomic E-state index is 10.5. The lowest BCUT2D eigenvalue weighted by Crippen LogP contribution is -2.08. The zero-order chi connectivity index (χ0) is 13.9. The quantitative estimate of drug-likeness (QED) is 0.550. The van der Waals surface area contributed by atoms with Crippen LogP contribution in [0.25, 0.3) is 6.08 Å². The molecule has 1 rings (SSSR count).